The van der Waals surface area contributed by atoms with Crippen molar-refractivity contribution in [2.24, 2.45) is 4.99 Å². The van der Waals surface area contributed by atoms with Gasteiger partial charge in [-0.15, -0.1) is 0 Å². The molecule has 0 radical (unpaired) electrons. The molecule has 3 N–H and O–H groups in total. The summed E-state index contributed by atoms with van der Waals surface area (Å²) in [7, 11) is 0. The summed E-state index contributed by atoms with van der Waals surface area (Å²) in [5.41, 5.74) is 1.86. The highest BCUT2D eigenvalue weighted by Crippen LogP contribution is 2.30. The van der Waals surface area contributed by atoms with Crippen LogP contribution < -0.4 is 15.4 Å². The van der Waals surface area contributed by atoms with E-state index in [4.69, 9.17) is 9.84 Å². The average molecular weight is 411 g/mol. The first kappa shape index (κ1) is 20.2. The second kappa shape index (κ2) is 9.07. The molecule has 2 amide bonds. The minimum Gasteiger partial charge on any atom is -0.481 e. The van der Waals surface area contributed by atoms with Gasteiger partial charge in [0.15, 0.2) is 11.8 Å². The second-order valence-electron chi connectivity index (χ2n) is 5.93. The maximum absolute atomic E-state index is 12.3. The Balaban J connectivity index is 1.76. The number of carbonyl (C=O) groups excluding carboxylic acids is 2. The van der Waals surface area contributed by atoms with Crippen LogP contribution >= 0.6 is 11.8 Å². The standard InChI is InChI=1S/C20H17N3O5S/c1-12(24)21-14-6-8-15(9-7-14)22-20-23-19(27)17(29-20)10-13-4-2-3-5-16(13)28-11-18(25)26/h2-10H,11H2,1H3,(H,21,24)(H,25,26)(H,22,23,27)/b17-10+. The highest BCUT2D eigenvalue weighted by Gasteiger charge is 2.24. The van der Waals surface area contributed by atoms with Gasteiger partial charge in [0.2, 0.25) is 5.91 Å². The van der Waals surface area contributed by atoms with Crippen LogP contribution in [0.25, 0.3) is 6.08 Å². The molecule has 2 aromatic carbocycles. The number of hydrogen-bond donors (Lipinski definition) is 3. The number of carbonyl (C=O) groups is 3. The van der Waals surface area contributed by atoms with Crippen LogP contribution in [0.15, 0.2) is 58.4 Å². The molecule has 0 saturated carbocycles. The molecule has 0 atom stereocenters. The molecule has 1 fully saturated rings. The van der Waals surface area contributed by atoms with Gasteiger partial charge in [0.05, 0.1) is 10.6 Å². The number of rotatable bonds is 6. The van der Waals surface area contributed by atoms with Crippen molar-refractivity contribution in [1.82, 2.24) is 5.32 Å². The van der Waals surface area contributed by atoms with Crippen molar-refractivity contribution in [3.63, 3.8) is 0 Å². The van der Waals surface area contributed by atoms with Gasteiger partial charge in [-0.3, -0.25) is 9.59 Å². The molecular weight excluding hydrogens is 394 g/mol. The van der Waals surface area contributed by atoms with Gasteiger partial charge >= 0.3 is 5.97 Å². The summed E-state index contributed by atoms with van der Waals surface area (Å²) in [6, 6.07) is 13.7. The third kappa shape index (κ3) is 5.69. The van der Waals surface area contributed by atoms with Gasteiger partial charge in [0.25, 0.3) is 5.91 Å². The summed E-state index contributed by atoms with van der Waals surface area (Å²) in [6.07, 6.45) is 1.62. The van der Waals surface area contributed by atoms with E-state index in [9.17, 15) is 14.4 Å². The lowest BCUT2D eigenvalue weighted by atomic mass is 10.2. The zero-order valence-corrected chi connectivity index (χ0v) is 16.2. The van der Waals surface area contributed by atoms with Crippen LogP contribution in [0.4, 0.5) is 11.4 Å². The van der Waals surface area contributed by atoms with Crippen molar-refractivity contribution in [3.8, 4) is 5.75 Å². The number of carboxylic acids is 1. The number of amidine groups is 1. The minimum absolute atomic E-state index is 0.162. The van der Waals surface area contributed by atoms with E-state index in [1.807, 2.05) is 0 Å². The molecule has 0 aromatic heterocycles. The van der Waals surface area contributed by atoms with Crippen LogP contribution in [0.5, 0.6) is 5.75 Å². The average Bonchev–Trinajstić information content (AvgIpc) is 3.01. The van der Waals surface area contributed by atoms with Crippen molar-refractivity contribution < 1.29 is 24.2 Å². The molecule has 0 unspecified atom stereocenters. The number of aliphatic imine (C=N–C) groups is 1. The fourth-order valence-corrected chi connectivity index (χ4v) is 3.26. The van der Waals surface area contributed by atoms with E-state index in [0.29, 0.717) is 32.8 Å². The number of aliphatic carboxylic acids is 1. The number of para-hydroxylation sites is 1. The van der Waals surface area contributed by atoms with Gasteiger partial charge in [-0.05, 0) is 48.2 Å². The van der Waals surface area contributed by atoms with Crippen molar-refractivity contribution in [1.29, 1.82) is 0 Å². The Morgan fingerprint density at radius 3 is 2.62 bits per heavy atom. The lowest BCUT2D eigenvalue weighted by molar-refractivity contribution is -0.139. The number of amides is 2. The lowest BCUT2D eigenvalue weighted by Crippen LogP contribution is -2.19. The quantitative estimate of drug-likeness (QED) is 0.629. The Hall–Kier alpha value is -3.59. The van der Waals surface area contributed by atoms with Crippen molar-refractivity contribution in [2.45, 2.75) is 6.92 Å². The molecular formula is C20H17N3O5S. The Bertz CT molecular complexity index is 1020. The molecule has 1 aliphatic heterocycles. The van der Waals surface area contributed by atoms with E-state index in [-0.39, 0.29) is 11.8 Å². The number of ether oxygens (including phenoxy) is 1. The summed E-state index contributed by atoms with van der Waals surface area (Å²) in [6.45, 7) is 0.957. The summed E-state index contributed by atoms with van der Waals surface area (Å²) in [5, 5.41) is 14.6. The summed E-state index contributed by atoms with van der Waals surface area (Å²) >= 11 is 1.17. The molecule has 1 heterocycles. The summed E-state index contributed by atoms with van der Waals surface area (Å²) in [4.78, 5) is 38.9. The molecule has 9 heteroatoms. The van der Waals surface area contributed by atoms with Gasteiger partial charge in [0.1, 0.15) is 5.75 Å². The normalized spacial score (nSPS) is 16.0. The number of carboxylic acid groups (broad SMARTS) is 1. The molecule has 148 valence electrons. The molecule has 0 spiro atoms. The van der Waals surface area contributed by atoms with Crippen LogP contribution in [0.2, 0.25) is 0 Å². The van der Waals surface area contributed by atoms with E-state index < -0.39 is 12.6 Å². The third-order valence-electron chi connectivity index (χ3n) is 3.63. The summed E-state index contributed by atoms with van der Waals surface area (Å²) < 4.78 is 5.26. The second-order valence-corrected chi connectivity index (χ2v) is 6.96. The Morgan fingerprint density at radius 1 is 1.21 bits per heavy atom. The maximum atomic E-state index is 12.3. The fraction of sp³-hybridized carbons (Fsp3) is 0.100. The van der Waals surface area contributed by atoms with Crippen LogP contribution in [-0.2, 0) is 14.4 Å². The third-order valence-corrected chi connectivity index (χ3v) is 4.54. The number of benzene rings is 2. The molecule has 1 aliphatic rings. The monoisotopic (exact) mass is 411 g/mol. The predicted molar refractivity (Wildman–Crippen MR) is 111 cm³/mol. The van der Waals surface area contributed by atoms with Crippen molar-refractivity contribution in [2.75, 3.05) is 11.9 Å². The van der Waals surface area contributed by atoms with E-state index in [2.05, 4.69) is 15.6 Å². The SMILES string of the molecule is CC(=O)Nc1ccc(N=C2NC(=O)/C(=C\c3ccccc3OCC(=O)O)S2)cc1. The van der Waals surface area contributed by atoms with E-state index in [0.717, 1.165) is 0 Å². The Labute approximate surface area is 170 Å². The molecule has 29 heavy (non-hydrogen) atoms. The number of nitrogens with one attached hydrogen (secondary N) is 2. The maximum Gasteiger partial charge on any atom is 0.341 e. The molecule has 3 rings (SSSR count). The molecule has 0 bridgehead atoms. The zero-order chi connectivity index (χ0) is 20.8. The number of thioether (sulfide) groups is 1. The lowest BCUT2D eigenvalue weighted by Gasteiger charge is -2.06. The van der Waals surface area contributed by atoms with Crippen molar-refractivity contribution in [3.05, 3.63) is 59.0 Å². The Morgan fingerprint density at radius 2 is 1.93 bits per heavy atom. The zero-order valence-electron chi connectivity index (χ0n) is 15.3. The topological polar surface area (TPSA) is 117 Å². The predicted octanol–water partition coefficient (Wildman–Crippen LogP) is 3.00. The van der Waals surface area contributed by atoms with Gasteiger partial charge in [-0.1, -0.05) is 18.2 Å². The van der Waals surface area contributed by atoms with Crippen LogP contribution in [0.3, 0.4) is 0 Å². The van der Waals surface area contributed by atoms with Gasteiger partial charge in [0, 0.05) is 18.2 Å². The van der Waals surface area contributed by atoms with E-state index in [1.165, 1.54) is 18.7 Å². The molecule has 2 aromatic rings. The van der Waals surface area contributed by atoms with Crippen LogP contribution in [0.1, 0.15) is 12.5 Å². The molecule has 1 saturated heterocycles. The van der Waals surface area contributed by atoms with Gasteiger partial charge in [-0.2, -0.15) is 0 Å². The number of anilines is 1. The first-order valence-electron chi connectivity index (χ1n) is 8.51. The van der Waals surface area contributed by atoms with Crippen LogP contribution in [0, 0.1) is 0 Å². The van der Waals surface area contributed by atoms with Gasteiger partial charge in [-0.25, -0.2) is 9.79 Å². The van der Waals surface area contributed by atoms with E-state index in [1.54, 1.807) is 54.6 Å². The van der Waals surface area contributed by atoms with Crippen molar-refractivity contribution >= 4 is 52.2 Å². The van der Waals surface area contributed by atoms with Gasteiger partial charge < -0.3 is 20.5 Å². The molecule has 8 nitrogen and oxygen atoms in total. The van der Waals surface area contributed by atoms with E-state index >= 15 is 0 Å². The summed E-state index contributed by atoms with van der Waals surface area (Å²) in [5.74, 6) is -1.18. The number of hydrogen-bond acceptors (Lipinski definition) is 6. The smallest absolute Gasteiger partial charge is 0.341 e. The minimum atomic E-state index is -1.08. The Kier molecular flexibility index (Phi) is 6.30. The fourth-order valence-electron chi connectivity index (χ4n) is 2.43. The van der Waals surface area contributed by atoms with Crippen LogP contribution in [-0.4, -0.2) is 34.7 Å². The first-order chi connectivity index (χ1) is 13.9. The molecule has 0 aliphatic carbocycles. The number of nitrogens with zero attached hydrogens (tertiary/aromatic N) is 1. The highest BCUT2D eigenvalue weighted by atomic mass is 32.2. The highest BCUT2D eigenvalue weighted by molar-refractivity contribution is 8.18. The largest absolute Gasteiger partial charge is 0.481 e. The first-order valence-corrected chi connectivity index (χ1v) is 9.33.